The average molecular weight is 813 g/mol. The number of nitrogens with one attached hydrogen (secondary N) is 1. The van der Waals surface area contributed by atoms with E-state index in [1.165, 1.54) is 0 Å². The molecular weight excluding hydrogens is 732 g/mol. The number of nitrogens with zero attached hydrogens (tertiary/aromatic N) is 1. The Bertz CT molecular complexity index is 1290. The Balaban J connectivity index is 4.07. The molecule has 0 rings (SSSR count). The molecule has 0 saturated carbocycles. The first-order valence-electron chi connectivity index (χ1n) is 21.7. The number of likely N-dealkylation sites (N-methyl/N-ethyl adjacent to an activating group) is 1. The van der Waals surface area contributed by atoms with Crippen LogP contribution in [0, 0.1) is 0 Å². The third kappa shape index (κ3) is 41.1. The number of quaternary nitrogens is 1. The van der Waals surface area contributed by atoms with Gasteiger partial charge >= 0.3 is 0 Å². The lowest BCUT2D eigenvalue weighted by atomic mass is 10.1. The molecule has 3 atom stereocenters. The van der Waals surface area contributed by atoms with Gasteiger partial charge in [0.25, 0.3) is 7.82 Å². The highest BCUT2D eigenvalue weighted by atomic mass is 31.2. The van der Waals surface area contributed by atoms with E-state index in [1.807, 2.05) is 27.2 Å². The van der Waals surface area contributed by atoms with E-state index in [-0.39, 0.29) is 12.5 Å². The van der Waals surface area contributed by atoms with Crippen LogP contribution in [0.4, 0.5) is 0 Å². The van der Waals surface area contributed by atoms with Crippen LogP contribution in [0.2, 0.25) is 0 Å². The maximum Gasteiger partial charge on any atom is 0.268 e. The van der Waals surface area contributed by atoms with E-state index >= 15 is 0 Å². The number of allylic oxidation sites excluding steroid dienone is 17. The van der Waals surface area contributed by atoms with Gasteiger partial charge in [-0.3, -0.25) is 9.36 Å². The number of hydrogen-bond donors (Lipinski definition) is 2. The Morgan fingerprint density at radius 1 is 0.632 bits per heavy atom. The van der Waals surface area contributed by atoms with Crippen LogP contribution in [0.25, 0.3) is 0 Å². The molecule has 0 aliphatic rings. The minimum absolute atomic E-state index is 0.0120. The molecule has 0 bridgehead atoms. The second kappa shape index (κ2) is 38.7. The molecule has 9 heteroatoms. The lowest BCUT2D eigenvalue weighted by molar-refractivity contribution is -0.870. The van der Waals surface area contributed by atoms with Crippen LogP contribution in [0.15, 0.2) is 109 Å². The molecule has 8 nitrogen and oxygen atoms in total. The van der Waals surface area contributed by atoms with Gasteiger partial charge in [0.15, 0.2) is 0 Å². The lowest BCUT2D eigenvalue weighted by Crippen LogP contribution is -2.45. The Morgan fingerprint density at radius 2 is 1.07 bits per heavy atom. The number of amides is 1. The molecule has 0 fully saturated rings. The normalized spacial score (nSPS) is 15.4. The van der Waals surface area contributed by atoms with E-state index in [0.29, 0.717) is 17.4 Å². The van der Waals surface area contributed by atoms with Crippen LogP contribution < -0.4 is 10.2 Å². The predicted octanol–water partition coefficient (Wildman–Crippen LogP) is 11.5. The quantitative estimate of drug-likeness (QED) is 0.0280. The van der Waals surface area contributed by atoms with Gasteiger partial charge in [-0.15, -0.1) is 0 Å². The summed E-state index contributed by atoms with van der Waals surface area (Å²) in [4.78, 5) is 25.0. The van der Waals surface area contributed by atoms with E-state index in [1.54, 1.807) is 6.08 Å². The minimum Gasteiger partial charge on any atom is -0.756 e. The van der Waals surface area contributed by atoms with Crippen molar-refractivity contribution in [3.63, 3.8) is 0 Å². The third-order valence-corrected chi connectivity index (χ3v) is 9.70. The van der Waals surface area contributed by atoms with Crippen LogP contribution in [0.3, 0.4) is 0 Å². The van der Waals surface area contributed by atoms with Gasteiger partial charge in [0, 0.05) is 6.42 Å². The van der Waals surface area contributed by atoms with Crippen LogP contribution in [-0.4, -0.2) is 68.5 Å². The fourth-order valence-electron chi connectivity index (χ4n) is 5.27. The standard InChI is InChI=1S/C48H81N2O6P/c1-6-8-10-12-13-14-15-16-17-18-19-20-21-22-23-24-25-26-27-28-29-30-31-32-33-34-35-36-37-38-40-42-48(52)49-46(47(51)41-39-11-9-7-2)45-56-57(53,54)55-44-43-50(3,4)5/h8,10,13-14,16-17,19-20,22-23,25-26,28-29,31-32,39,41,46-47,51H,6-7,9,11-12,15,18,21,24,27,30,33-38,40,42-45H2,1-5H3,(H-,49,52,53,54)/b10-8-,14-13-,17-16-,20-19-,23-22-,26-25-,29-28-,32-31-,41-39+. The number of hydrogen-bond acceptors (Lipinski definition) is 6. The fraction of sp³-hybridized carbons (Fsp3) is 0.604. The first-order valence-corrected chi connectivity index (χ1v) is 23.2. The number of aliphatic hydroxyl groups is 1. The summed E-state index contributed by atoms with van der Waals surface area (Å²) in [7, 11) is 1.22. The van der Waals surface area contributed by atoms with Gasteiger partial charge in [-0.05, 0) is 77.0 Å². The number of rotatable bonds is 37. The molecule has 0 radical (unpaired) electrons. The Kier molecular flexibility index (Phi) is 36.7. The van der Waals surface area contributed by atoms with E-state index in [2.05, 4.69) is 116 Å². The first kappa shape index (κ1) is 54.2. The lowest BCUT2D eigenvalue weighted by Gasteiger charge is -2.29. The summed E-state index contributed by atoms with van der Waals surface area (Å²) in [6.45, 7) is 4.32. The van der Waals surface area contributed by atoms with E-state index in [9.17, 15) is 19.4 Å². The first-order chi connectivity index (χ1) is 27.5. The summed E-state index contributed by atoms with van der Waals surface area (Å²) in [5.74, 6) is -0.229. The number of aliphatic hydroxyl groups excluding tert-OH is 1. The molecule has 0 aromatic carbocycles. The summed E-state index contributed by atoms with van der Waals surface area (Å²) >= 11 is 0. The zero-order valence-corrected chi connectivity index (χ0v) is 37.4. The highest BCUT2D eigenvalue weighted by Crippen LogP contribution is 2.38. The van der Waals surface area contributed by atoms with Crippen molar-refractivity contribution in [2.75, 3.05) is 40.9 Å². The maximum absolute atomic E-state index is 12.7. The predicted molar refractivity (Wildman–Crippen MR) is 242 cm³/mol. The summed E-state index contributed by atoms with van der Waals surface area (Å²) in [6.07, 6.45) is 56.4. The van der Waals surface area contributed by atoms with Gasteiger partial charge in [0.1, 0.15) is 13.2 Å². The molecule has 0 saturated heterocycles. The molecule has 0 aromatic heterocycles. The van der Waals surface area contributed by atoms with Crippen molar-refractivity contribution in [3.05, 3.63) is 109 Å². The van der Waals surface area contributed by atoms with Crippen molar-refractivity contribution < 1.29 is 32.9 Å². The van der Waals surface area contributed by atoms with E-state index in [4.69, 9.17) is 9.05 Å². The molecule has 2 N–H and O–H groups in total. The van der Waals surface area contributed by atoms with Crippen LogP contribution in [0.1, 0.15) is 136 Å². The van der Waals surface area contributed by atoms with Gasteiger partial charge in [-0.25, -0.2) is 0 Å². The number of unbranched alkanes of at least 4 members (excludes halogenated alkanes) is 8. The summed E-state index contributed by atoms with van der Waals surface area (Å²) in [6, 6.07) is -0.897. The van der Waals surface area contributed by atoms with Gasteiger partial charge in [-0.1, -0.05) is 162 Å². The van der Waals surface area contributed by atoms with Crippen LogP contribution in [-0.2, 0) is 18.4 Å². The zero-order chi connectivity index (χ0) is 42.1. The van der Waals surface area contributed by atoms with Crippen molar-refractivity contribution in [1.29, 1.82) is 0 Å². The SMILES string of the molecule is CC/C=C\C/C=C\C/C=C\C/C=C\C/C=C\C/C=C\C/C=C\C/C=C\CCCCCCCCC(=O)NC(COP(=O)([O-])OCC[N+](C)(C)C)C(O)/C=C/CCCC. The van der Waals surface area contributed by atoms with Gasteiger partial charge in [-0.2, -0.15) is 0 Å². The molecule has 0 heterocycles. The molecule has 0 aromatic rings. The molecule has 57 heavy (non-hydrogen) atoms. The minimum atomic E-state index is -4.58. The van der Waals surface area contributed by atoms with E-state index < -0.39 is 26.6 Å². The molecule has 0 aliphatic carbocycles. The molecule has 1 amide bonds. The smallest absolute Gasteiger partial charge is 0.268 e. The Morgan fingerprint density at radius 3 is 1.54 bits per heavy atom. The van der Waals surface area contributed by atoms with Crippen LogP contribution in [0.5, 0.6) is 0 Å². The second-order valence-electron chi connectivity index (χ2n) is 15.3. The highest BCUT2D eigenvalue weighted by molar-refractivity contribution is 7.45. The topological polar surface area (TPSA) is 108 Å². The van der Waals surface area contributed by atoms with Gasteiger partial charge in [0.05, 0.1) is 39.9 Å². The van der Waals surface area contributed by atoms with Crippen molar-refractivity contribution in [1.82, 2.24) is 5.32 Å². The van der Waals surface area contributed by atoms with E-state index in [0.717, 1.165) is 116 Å². The average Bonchev–Trinajstić information content (AvgIpc) is 3.16. The van der Waals surface area contributed by atoms with Crippen LogP contribution >= 0.6 is 7.82 Å². The number of carbonyl (C=O) groups excluding carboxylic acids is 1. The number of phosphoric acid groups is 1. The molecule has 0 spiro atoms. The zero-order valence-electron chi connectivity index (χ0n) is 36.5. The maximum atomic E-state index is 12.7. The van der Waals surface area contributed by atoms with Gasteiger partial charge in [0.2, 0.25) is 5.91 Å². The molecular formula is C48H81N2O6P. The van der Waals surface area contributed by atoms with Crippen molar-refractivity contribution in [3.8, 4) is 0 Å². The monoisotopic (exact) mass is 813 g/mol. The largest absolute Gasteiger partial charge is 0.756 e. The molecule has 3 unspecified atom stereocenters. The highest BCUT2D eigenvalue weighted by Gasteiger charge is 2.23. The van der Waals surface area contributed by atoms with Crippen molar-refractivity contribution >= 4 is 13.7 Å². The summed E-state index contributed by atoms with van der Waals surface area (Å²) in [5.41, 5.74) is 0. The van der Waals surface area contributed by atoms with Crippen molar-refractivity contribution in [2.45, 2.75) is 148 Å². The summed E-state index contributed by atoms with van der Waals surface area (Å²) < 4.78 is 22.9. The summed E-state index contributed by atoms with van der Waals surface area (Å²) in [5, 5.41) is 13.5. The number of phosphoric ester groups is 1. The van der Waals surface area contributed by atoms with Gasteiger partial charge < -0.3 is 28.8 Å². The third-order valence-electron chi connectivity index (χ3n) is 8.74. The fourth-order valence-corrected chi connectivity index (χ4v) is 5.99. The Labute approximate surface area is 349 Å². The molecule has 324 valence electrons. The number of carbonyl (C=O) groups is 1. The second-order valence-corrected chi connectivity index (χ2v) is 16.7. The van der Waals surface area contributed by atoms with Crippen molar-refractivity contribution in [2.24, 2.45) is 0 Å². The Hall–Kier alpha value is -2.84. The molecule has 0 aliphatic heterocycles.